The lowest BCUT2D eigenvalue weighted by Crippen LogP contribution is -2.40. The summed E-state index contributed by atoms with van der Waals surface area (Å²) in [6.45, 7) is 6.05. The van der Waals surface area contributed by atoms with Gasteiger partial charge in [0, 0.05) is 35.6 Å². The largest absolute Gasteiger partial charge is 0.355 e. The molecule has 166 valence electrons. The maximum absolute atomic E-state index is 13.2. The van der Waals surface area contributed by atoms with Gasteiger partial charge in [-0.25, -0.2) is 4.98 Å². The van der Waals surface area contributed by atoms with Gasteiger partial charge in [-0.1, -0.05) is 31.2 Å². The normalized spacial score (nSPS) is 16.7. The standard InChI is InChI=1S/C28H28N4O/c1-18-10-11-19(16-22(18)26-30-24-7-3-4-8-25(24)31-26)29-23-9-5-6-21-20(23)12-15-32(27(21)33)17-28(2)13-14-28/h3-11,16,29H,12-15,17H2,1-2H3,(H,30,31). The van der Waals surface area contributed by atoms with Crippen molar-refractivity contribution < 1.29 is 4.79 Å². The van der Waals surface area contributed by atoms with E-state index in [-0.39, 0.29) is 5.91 Å². The van der Waals surface area contributed by atoms with Crippen molar-refractivity contribution in [3.05, 3.63) is 77.4 Å². The molecule has 0 saturated heterocycles. The summed E-state index contributed by atoms with van der Waals surface area (Å²) in [4.78, 5) is 23.4. The molecule has 5 nitrogen and oxygen atoms in total. The highest BCUT2D eigenvalue weighted by Crippen LogP contribution is 2.46. The smallest absolute Gasteiger partial charge is 0.254 e. The minimum absolute atomic E-state index is 0.167. The summed E-state index contributed by atoms with van der Waals surface area (Å²) < 4.78 is 0. The Kier molecular flexibility index (Phi) is 4.54. The average Bonchev–Trinajstić information content (AvgIpc) is 3.38. The fourth-order valence-corrected chi connectivity index (χ4v) is 4.87. The number of aromatic amines is 1. The molecule has 0 atom stereocenters. The summed E-state index contributed by atoms with van der Waals surface area (Å²) in [6, 6.07) is 20.5. The Labute approximate surface area is 193 Å². The average molecular weight is 437 g/mol. The van der Waals surface area contributed by atoms with Gasteiger partial charge in [-0.3, -0.25) is 4.79 Å². The number of nitrogens with zero attached hydrogens (tertiary/aromatic N) is 2. The summed E-state index contributed by atoms with van der Waals surface area (Å²) in [7, 11) is 0. The number of anilines is 2. The first kappa shape index (κ1) is 20.0. The number of aryl methyl sites for hydroxylation is 1. The van der Waals surface area contributed by atoms with Crippen molar-refractivity contribution in [1.29, 1.82) is 0 Å². The van der Waals surface area contributed by atoms with E-state index in [2.05, 4.69) is 48.4 Å². The SMILES string of the molecule is Cc1ccc(Nc2cccc3c2CCN(CC2(C)CC2)C3=O)cc1-c1nc2ccccc2[nH]1. The molecular weight excluding hydrogens is 408 g/mol. The van der Waals surface area contributed by atoms with Crippen LogP contribution in [0.1, 0.15) is 41.3 Å². The summed E-state index contributed by atoms with van der Waals surface area (Å²) in [5.74, 6) is 1.03. The van der Waals surface area contributed by atoms with Crippen molar-refractivity contribution in [2.24, 2.45) is 5.41 Å². The maximum atomic E-state index is 13.2. The van der Waals surface area contributed by atoms with Crippen molar-refractivity contribution in [3.63, 3.8) is 0 Å². The van der Waals surface area contributed by atoms with Crippen LogP contribution in [0, 0.1) is 12.3 Å². The van der Waals surface area contributed by atoms with E-state index in [4.69, 9.17) is 4.98 Å². The Morgan fingerprint density at radius 2 is 1.91 bits per heavy atom. The zero-order chi connectivity index (χ0) is 22.6. The van der Waals surface area contributed by atoms with Gasteiger partial charge < -0.3 is 15.2 Å². The number of carbonyl (C=O) groups is 1. The van der Waals surface area contributed by atoms with E-state index in [0.717, 1.165) is 70.0 Å². The Hall–Kier alpha value is -3.60. The van der Waals surface area contributed by atoms with Crippen LogP contribution in [0.3, 0.4) is 0 Å². The Bertz CT molecular complexity index is 1350. The van der Waals surface area contributed by atoms with Gasteiger partial charge in [-0.15, -0.1) is 0 Å². The molecule has 33 heavy (non-hydrogen) atoms. The van der Waals surface area contributed by atoms with Gasteiger partial charge in [0.05, 0.1) is 11.0 Å². The third kappa shape index (κ3) is 3.67. The fraction of sp³-hybridized carbons (Fsp3) is 0.286. The molecular formula is C28H28N4O. The number of hydrogen-bond donors (Lipinski definition) is 2. The first-order chi connectivity index (χ1) is 16.0. The second kappa shape index (κ2) is 7.48. The van der Waals surface area contributed by atoms with Crippen molar-refractivity contribution in [2.45, 2.75) is 33.1 Å². The van der Waals surface area contributed by atoms with Gasteiger partial charge >= 0.3 is 0 Å². The molecule has 4 aromatic rings. The number of aromatic nitrogens is 2. The molecule has 2 heterocycles. The van der Waals surface area contributed by atoms with Crippen LogP contribution in [0.25, 0.3) is 22.4 Å². The van der Waals surface area contributed by atoms with Gasteiger partial charge in [0.2, 0.25) is 0 Å². The number of amides is 1. The minimum atomic E-state index is 0.167. The zero-order valence-electron chi connectivity index (χ0n) is 19.1. The van der Waals surface area contributed by atoms with Gasteiger partial charge in [-0.05, 0) is 79.1 Å². The Morgan fingerprint density at radius 1 is 1.06 bits per heavy atom. The second-order valence-corrected chi connectivity index (χ2v) is 9.88. The van der Waals surface area contributed by atoms with E-state index in [1.54, 1.807) is 0 Å². The van der Waals surface area contributed by atoms with Crippen LogP contribution in [-0.4, -0.2) is 33.9 Å². The van der Waals surface area contributed by atoms with Crippen LogP contribution in [0.15, 0.2) is 60.7 Å². The molecule has 0 radical (unpaired) electrons. The van der Waals surface area contributed by atoms with E-state index in [0.29, 0.717) is 5.41 Å². The quantitative estimate of drug-likeness (QED) is 0.398. The van der Waals surface area contributed by atoms with Crippen molar-refractivity contribution >= 4 is 28.3 Å². The lowest BCUT2D eigenvalue weighted by Gasteiger charge is -2.32. The molecule has 0 unspecified atom stereocenters. The third-order valence-electron chi connectivity index (χ3n) is 7.16. The number of para-hydroxylation sites is 2. The van der Waals surface area contributed by atoms with Gasteiger partial charge in [0.25, 0.3) is 5.91 Å². The first-order valence-corrected chi connectivity index (χ1v) is 11.7. The molecule has 1 aliphatic heterocycles. The van der Waals surface area contributed by atoms with Gasteiger partial charge in [0.1, 0.15) is 5.82 Å². The number of H-pyrrole nitrogens is 1. The first-order valence-electron chi connectivity index (χ1n) is 11.7. The monoisotopic (exact) mass is 436 g/mol. The number of hydrogen-bond acceptors (Lipinski definition) is 3. The highest BCUT2D eigenvalue weighted by Gasteiger charge is 2.41. The Balaban J connectivity index is 1.30. The molecule has 2 N–H and O–H groups in total. The highest BCUT2D eigenvalue weighted by atomic mass is 16.2. The van der Waals surface area contributed by atoms with E-state index in [1.807, 2.05) is 41.3 Å². The van der Waals surface area contributed by atoms with E-state index in [1.165, 1.54) is 12.8 Å². The molecule has 1 saturated carbocycles. The topological polar surface area (TPSA) is 61.0 Å². The summed E-state index contributed by atoms with van der Waals surface area (Å²) in [5.41, 5.74) is 8.51. The van der Waals surface area contributed by atoms with Crippen LogP contribution < -0.4 is 5.32 Å². The highest BCUT2D eigenvalue weighted by molar-refractivity contribution is 5.98. The van der Waals surface area contributed by atoms with Crippen LogP contribution >= 0.6 is 0 Å². The predicted molar refractivity (Wildman–Crippen MR) is 133 cm³/mol. The van der Waals surface area contributed by atoms with Crippen LogP contribution in [-0.2, 0) is 6.42 Å². The number of rotatable bonds is 5. The third-order valence-corrected chi connectivity index (χ3v) is 7.16. The summed E-state index contributed by atoms with van der Waals surface area (Å²) in [6.07, 6.45) is 3.33. The van der Waals surface area contributed by atoms with Gasteiger partial charge in [-0.2, -0.15) is 0 Å². The fourth-order valence-electron chi connectivity index (χ4n) is 4.87. The summed E-state index contributed by atoms with van der Waals surface area (Å²) >= 11 is 0. The lowest BCUT2D eigenvalue weighted by atomic mass is 9.95. The predicted octanol–water partition coefficient (Wildman–Crippen LogP) is 6.08. The van der Waals surface area contributed by atoms with E-state index >= 15 is 0 Å². The number of fused-ring (bicyclic) bond motifs is 2. The van der Waals surface area contributed by atoms with Crippen LogP contribution in [0.2, 0.25) is 0 Å². The number of nitrogens with one attached hydrogen (secondary N) is 2. The van der Waals surface area contributed by atoms with Crippen molar-refractivity contribution in [3.8, 4) is 11.4 Å². The maximum Gasteiger partial charge on any atom is 0.254 e. The van der Waals surface area contributed by atoms with Gasteiger partial charge in [0.15, 0.2) is 0 Å². The van der Waals surface area contributed by atoms with Crippen molar-refractivity contribution in [2.75, 3.05) is 18.4 Å². The number of benzene rings is 3. The minimum Gasteiger partial charge on any atom is -0.355 e. The molecule has 2 aliphatic rings. The molecule has 6 rings (SSSR count). The molecule has 1 aliphatic carbocycles. The molecule has 1 amide bonds. The molecule has 1 aromatic heterocycles. The van der Waals surface area contributed by atoms with Crippen LogP contribution in [0.5, 0.6) is 0 Å². The van der Waals surface area contributed by atoms with E-state index < -0.39 is 0 Å². The molecule has 0 spiro atoms. The lowest BCUT2D eigenvalue weighted by molar-refractivity contribution is 0.0707. The molecule has 5 heteroatoms. The van der Waals surface area contributed by atoms with Crippen molar-refractivity contribution in [1.82, 2.24) is 14.9 Å². The zero-order valence-corrected chi connectivity index (χ0v) is 19.1. The molecule has 0 bridgehead atoms. The summed E-state index contributed by atoms with van der Waals surface area (Å²) in [5, 5.41) is 3.59. The number of carbonyl (C=O) groups excluding carboxylic acids is 1. The van der Waals surface area contributed by atoms with Crippen LogP contribution in [0.4, 0.5) is 11.4 Å². The molecule has 1 fully saturated rings. The molecule has 3 aromatic carbocycles. The van der Waals surface area contributed by atoms with E-state index in [9.17, 15) is 4.79 Å². The second-order valence-electron chi connectivity index (χ2n) is 9.88. The number of imidazole rings is 1. The Morgan fingerprint density at radius 3 is 2.73 bits per heavy atom.